The Hall–Kier alpha value is -0.340. The van der Waals surface area contributed by atoms with Gasteiger partial charge in [-0.3, -0.25) is 0 Å². The average molecular weight is 225 g/mol. The van der Waals surface area contributed by atoms with Gasteiger partial charge in [-0.25, -0.2) is 0 Å². The van der Waals surface area contributed by atoms with Gasteiger partial charge in [-0.05, 0) is 50.5 Å². The van der Waals surface area contributed by atoms with Crippen molar-refractivity contribution in [2.24, 2.45) is 17.8 Å². The number of aliphatic hydroxyl groups excluding tert-OH is 1. The van der Waals surface area contributed by atoms with E-state index in [1.165, 1.54) is 12.8 Å². The second kappa shape index (κ2) is 7.08. The van der Waals surface area contributed by atoms with Crippen LogP contribution in [-0.4, -0.2) is 24.8 Å². The average Bonchev–Trinajstić information content (AvgIpc) is 2.23. The zero-order valence-corrected chi connectivity index (χ0v) is 11.0. The molecule has 0 amide bonds. The van der Waals surface area contributed by atoms with E-state index in [-0.39, 0.29) is 0 Å². The minimum Gasteiger partial charge on any atom is -0.396 e. The van der Waals surface area contributed by atoms with Crippen LogP contribution >= 0.6 is 0 Å². The van der Waals surface area contributed by atoms with Gasteiger partial charge in [-0.1, -0.05) is 25.5 Å². The number of rotatable bonds is 6. The van der Waals surface area contributed by atoms with Crippen molar-refractivity contribution in [1.82, 2.24) is 5.32 Å². The van der Waals surface area contributed by atoms with E-state index in [2.05, 4.69) is 32.2 Å². The molecule has 0 saturated heterocycles. The maximum absolute atomic E-state index is 8.83. The fourth-order valence-corrected chi connectivity index (χ4v) is 2.55. The highest BCUT2D eigenvalue weighted by Gasteiger charge is 2.21. The molecule has 0 radical (unpaired) electrons. The number of nitrogens with one attached hydrogen (secondary N) is 1. The van der Waals surface area contributed by atoms with Crippen LogP contribution in [-0.2, 0) is 0 Å². The summed E-state index contributed by atoms with van der Waals surface area (Å²) in [5, 5.41) is 12.4. The molecule has 0 saturated carbocycles. The van der Waals surface area contributed by atoms with Gasteiger partial charge in [-0.2, -0.15) is 0 Å². The lowest BCUT2D eigenvalue weighted by Gasteiger charge is -2.29. The molecule has 2 N–H and O–H groups in total. The molecule has 3 atom stereocenters. The third-order valence-electron chi connectivity index (χ3n) is 3.84. The maximum atomic E-state index is 8.83. The number of aliphatic hydroxyl groups is 1. The lowest BCUT2D eigenvalue weighted by atomic mass is 9.80. The summed E-state index contributed by atoms with van der Waals surface area (Å²) in [6.45, 7) is 9.24. The van der Waals surface area contributed by atoms with E-state index in [4.69, 9.17) is 5.11 Å². The molecule has 0 bridgehead atoms. The summed E-state index contributed by atoms with van der Waals surface area (Å²) in [5.41, 5.74) is 1.56. The normalized spacial score (nSPS) is 27.6. The van der Waals surface area contributed by atoms with Crippen molar-refractivity contribution in [2.45, 2.75) is 40.0 Å². The minimum atomic E-state index is 0.307. The molecule has 2 heteroatoms. The molecule has 0 aromatic rings. The van der Waals surface area contributed by atoms with Crippen molar-refractivity contribution < 1.29 is 5.11 Å². The number of hydrogen-bond acceptors (Lipinski definition) is 2. The van der Waals surface area contributed by atoms with Crippen molar-refractivity contribution in [2.75, 3.05) is 19.7 Å². The van der Waals surface area contributed by atoms with Crippen LogP contribution < -0.4 is 5.32 Å². The van der Waals surface area contributed by atoms with E-state index in [1.54, 1.807) is 5.57 Å². The van der Waals surface area contributed by atoms with Gasteiger partial charge in [0.15, 0.2) is 0 Å². The second-order valence-electron chi connectivity index (χ2n) is 5.38. The first-order valence-electron chi connectivity index (χ1n) is 6.63. The van der Waals surface area contributed by atoms with E-state index in [1.807, 2.05) is 0 Å². The van der Waals surface area contributed by atoms with E-state index >= 15 is 0 Å². The van der Waals surface area contributed by atoms with Gasteiger partial charge in [0.1, 0.15) is 0 Å². The first-order chi connectivity index (χ1) is 7.65. The van der Waals surface area contributed by atoms with Crippen molar-refractivity contribution in [3.63, 3.8) is 0 Å². The van der Waals surface area contributed by atoms with Gasteiger partial charge in [-0.15, -0.1) is 0 Å². The predicted molar refractivity (Wildman–Crippen MR) is 69.4 cm³/mol. The zero-order valence-electron chi connectivity index (χ0n) is 11.0. The molecule has 0 heterocycles. The predicted octanol–water partition coefficient (Wildman–Crippen LogP) is 2.59. The molecule has 0 fully saturated rings. The Morgan fingerprint density at radius 2 is 2.31 bits per heavy atom. The van der Waals surface area contributed by atoms with E-state index in [0.29, 0.717) is 12.5 Å². The summed E-state index contributed by atoms with van der Waals surface area (Å²) in [6.07, 6.45) is 5.88. The third-order valence-corrected chi connectivity index (χ3v) is 3.84. The largest absolute Gasteiger partial charge is 0.396 e. The highest BCUT2D eigenvalue weighted by atomic mass is 16.3. The molecule has 2 nitrogen and oxygen atoms in total. The lowest BCUT2D eigenvalue weighted by molar-refractivity contribution is 0.257. The Balaban J connectivity index is 2.25. The Morgan fingerprint density at radius 3 is 2.94 bits per heavy atom. The molecule has 0 spiro atoms. The third kappa shape index (κ3) is 4.26. The minimum absolute atomic E-state index is 0.307. The van der Waals surface area contributed by atoms with Crippen LogP contribution in [0.4, 0.5) is 0 Å². The first kappa shape index (κ1) is 13.7. The molecule has 0 unspecified atom stereocenters. The second-order valence-corrected chi connectivity index (χ2v) is 5.38. The summed E-state index contributed by atoms with van der Waals surface area (Å²) in [4.78, 5) is 0. The van der Waals surface area contributed by atoms with E-state index in [9.17, 15) is 0 Å². The van der Waals surface area contributed by atoms with E-state index < -0.39 is 0 Å². The summed E-state index contributed by atoms with van der Waals surface area (Å²) in [5.74, 6) is 2.11. The fraction of sp³-hybridized carbons (Fsp3) is 0.857. The fourth-order valence-electron chi connectivity index (χ4n) is 2.55. The van der Waals surface area contributed by atoms with Gasteiger partial charge >= 0.3 is 0 Å². The molecule has 0 aromatic heterocycles. The Morgan fingerprint density at radius 1 is 1.56 bits per heavy atom. The summed E-state index contributed by atoms with van der Waals surface area (Å²) in [7, 11) is 0. The smallest absolute Gasteiger partial charge is 0.0434 e. The van der Waals surface area contributed by atoms with Gasteiger partial charge in [0.05, 0.1) is 0 Å². The highest BCUT2D eigenvalue weighted by Crippen LogP contribution is 2.29. The topological polar surface area (TPSA) is 32.3 Å². The van der Waals surface area contributed by atoms with Gasteiger partial charge in [0.25, 0.3) is 0 Å². The van der Waals surface area contributed by atoms with Gasteiger partial charge in [0.2, 0.25) is 0 Å². The zero-order chi connectivity index (χ0) is 12.0. The Bertz CT molecular complexity index is 225. The van der Waals surface area contributed by atoms with Crippen LogP contribution in [0.25, 0.3) is 0 Å². The highest BCUT2D eigenvalue weighted by molar-refractivity contribution is 5.09. The van der Waals surface area contributed by atoms with Crippen LogP contribution in [0.15, 0.2) is 11.6 Å². The summed E-state index contributed by atoms with van der Waals surface area (Å²) >= 11 is 0. The van der Waals surface area contributed by atoms with Gasteiger partial charge < -0.3 is 10.4 Å². The molecule has 1 aliphatic rings. The summed E-state index contributed by atoms with van der Waals surface area (Å²) < 4.78 is 0. The summed E-state index contributed by atoms with van der Waals surface area (Å²) in [6, 6.07) is 0. The Kier molecular flexibility index (Phi) is 6.07. The number of hydrogen-bond donors (Lipinski definition) is 2. The van der Waals surface area contributed by atoms with Crippen LogP contribution in [0.3, 0.4) is 0 Å². The molecule has 1 aliphatic carbocycles. The molecular weight excluding hydrogens is 198 g/mol. The van der Waals surface area contributed by atoms with E-state index in [0.717, 1.165) is 31.3 Å². The van der Waals surface area contributed by atoms with Crippen molar-refractivity contribution >= 4 is 0 Å². The van der Waals surface area contributed by atoms with Gasteiger partial charge in [0, 0.05) is 13.2 Å². The van der Waals surface area contributed by atoms with Crippen LogP contribution in [0, 0.1) is 17.8 Å². The number of allylic oxidation sites excluding steroid dienone is 1. The van der Waals surface area contributed by atoms with Crippen LogP contribution in [0.1, 0.15) is 40.0 Å². The molecule has 16 heavy (non-hydrogen) atoms. The molecule has 0 aromatic carbocycles. The molecule has 94 valence electrons. The molecular formula is C14H27NO. The van der Waals surface area contributed by atoms with Crippen molar-refractivity contribution in [3.8, 4) is 0 Å². The monoisotopic (exact) mass is 225 g/mol. The molecule has 0 aliphatic heterocycles. The SMILES string of the molecule is CC1=CCC[C@H](C)[C@@H]1CNC[C@@H](C)CCO. The van der Waals surface area contributed by atoms with Crippen molar-refractivity contribution in [3.05, 3.63) is 11.6 Å². The van der Waals surface area contributed by atoms with Crippen LogP contribution in [0.5, 0.6) is 0 Å². The van der Waals surface area contributed by atoms with Crippen LogP contribution in [0.2, 0.25) is 0 Å². The molecule has 1 rings (SSSR count). The maximum Gasteiger partial charge on any atom is 0.0434 e. The quantitative estimate of drug-likeness (QED) is 0.681. The first-order valence-corrected chi connectivity index (χ1v) is 6.63. The van der Waals surface area contributed by atoms with Crippen molar-refractivity contribution in [1.29, 1.82) is 0 Å². The lowest BCUT2D eigenvalue weighted by Crippen LogP contribution is -2.32. The Labute approximate surface area is 100 Å². The standard InChI is InChI=1S/C14H27NO/c1-11(7-8-16)9-15-10-14-12(2)5-4-6-13(14)3/h5,11,13-16H,4,6-10H2,1-3H3/t11-,13-,14+/m0/s1.